The van der Waals surface area contributed by atoms with Crippen LogP contribution in [0.25, 0.3) is 10.2 Å². The zero-order valence-corrected chi connectivity index (χ0v) is 14.4. The van der Waals surface area contributed by atoms with Gasteiger partial charge in [-0.15, -0.1) is 0 Å². The second kappa shape index (κ2) is 9.26. The summed E-state index contributed by atoms with van der Waals surface area (Å²) in [6.45, 7) is 3.28. The van der Waals surface area contributed by atoms with E-state index in [2.05, 4.69) is 17.2 Å². The zero-order valence-electron chi connectivity index (χ0n) is 12.8. The van der Waals surface area contributed by atoms with E-state index < -0.39 is 0 Å². The molecule has 0 saturated heterocycles. The summed E-state index contributed by atoms with van der Waals surface area (Å²) >= 11 is 7.68. The van der Waals surface area contributed by atoms with Gasteiger partial charge in [0.05, 0.1) is 10.2 Å². The maximum atomic E-state index is 5.99. The van der Waals surface area contributed by atoms with Gasteiger partial charge >= 0.3 is 0 Å². The molecule has 1 N–H and O–H groups in total. The standard InChI is InChI=1S/C17H25ClN2S/c1-2-3-4-5-6-7-8-9-12-19-17-20-15-11-10-14(18)13-16(15)21-17/h10-11,13H,2-9,12H2,1H3,(H,19,20). The van der Waals surface area contributed by atoms with Crippen molar-refractivity contribution in [1.82, 2.24) is 4.98 Å². The number of hydrogen-bond acceptors (Lipinski definition) is 3. The second-order valence-electron chi connectivity index (χ2n) is 5.53. The summed E-state index contributed by atoms with van der Waals surface area (Å²) in [5.74, 6) is 0. The highest BCUT2D eigenvalue weighted by Crippen LogP contribution is 2.28. The van der Waals surface area contributed by atoms with E-state index in [0.29, 0.717) is 0 Å². The molecular formula is C17H25ClN2S. The molecule has 0 unspecified atom stereocenters. The van der Waals surface area contributed by atoms with Crippen LogP contribution in [-0.4, -0.2) is 11.5 Å². The number of nitrogens with zero attached hydrogens (tertiary/aromatic N) is 1. The van der Waals surface area contributed by atoms with E-state index in [9.17, 15) is 0 Å². The summed E-state index contributed by atoms with van der Waals surface area (Å²) in [4.78, 5) is 4.57. The number of benzene rings is 1. The fourth-order valence-electron chi connectivity index (χ4n) is 2.43. The van der Waals surface area contributed by atoms with Gasteiger partial charge in [0.1, 0.15) is 0 Å². The average molecular weight is 325 g/mol. The van der Waals surface area contributed by atoms with E-state index in [0.717, 1.165) is 26.9 Å². The molecule has 21 heavy (non-hydrogen) atoms. The van der Waals surface area contributed by atoms with Gasteiger partial charge in [-0.05, 0) is 24.6 Å². The summed E-state index contributed by atoms with van der Waals surface area (Å²) in [7, 11) is 0. The van der Waals surface area contributed by atoms with Crippen molar-refractivity contribution in [2.45, 2.75) is 58.3 Å². The van der Waals surface area contributed by atoms with Gasteiger partial charge in [-0.1, -0.05) is 74.8 Å². The molecule has 2 rings (SSSR count). The van der Waals surface area contributed by atoms with Crippen LogP contribution in [0.3, 0.4) is 0 Å². The average Bonchev–Trinajstić information content (AvgIpc) is 2.87. The lowest BCUT2D eigenvalue weighted by Crippen LogP contribution is -2.00. The molecule has 0 spiro atoms. The molecular weight excluding hydrogens is 300 g/mol. The van der Waals surface area contributed by atoms with Crippen LogP contribution < -0.4 is 5.32 Å². The van der Waals surface area contributed by atoms with Crippen LogP contribution in [0.15, 0.2) is 18.2 Å². The Hall–Kier alpha value is -0.800. The predicted molar refractivity (Wildman–Crippen MR) is 95.7 cm³/mol. The van der Waals surface area contributed by atoms with Crippen LogP contribution >= 0.6 is 22.9 Å². The minimum absolute atomic E-state index is 0.778. The molecule has 2 nitrogen and oxygen atoms in total. The lowest BCUT2D eigenvalue weighted by atomic mass is 10.1. The van der Waals surface area contributed by atoms with Crippen molar-refractivity contribution < 1.29 is 0 Å². The molecule has 1 aromatic heterocycles. The largest absolute Gasteiger partial charge is 0.361 e. The van der Waals surface area contributed by atoms with Crippen LogP contribution in [0.2, 0.25) is 5.02 Å². The first-order valence-electron chi connectivity index (χ1n) is 8.09. The van der Waals surface area contributed by atoms with Crippen molar-refractivity contribution in [2.75, 3.05) is 11.9 Å². The van der Waals surface area contributed by atoms with Gasteiger partial charge < -0.3 is 5.32 Å². The molecule has 0 aliphatic rings. The minimum Gasteiger partial charge on any atom is -0.361 e. The molecule has 116 valence electrons. The van der Waals surface area contributed by atoms with Crippen molar-refractivity contribution in [2.24, 2.45) is 0 Å². The Morgan fingerprint density at radius 2 is 1.76 bits per heavy atom. The normalized spacial score (nSPS) is 11.1. The number of aromatic nitrogens is 1. The van der Waals surface area contributed by atoms with E-state index in [4.69, 9.17) is 11.6 Å². The van der Waals surface area contributed by atoms with Gasteiger partial charge in [-0.3, -0.25) is 0 Å². The Bertz CT molecular complexity index is 539. The van der Waals surface area contributed by atoms with Gasteiger partial charge in [0.2, 0.25) is 0 Å². The molecule has 0 atom stereocenters. The Morgan fingerprint density at radius 3 is 2.52 bits per heavy atom. The van der Waals surface area contributed by atoms with E-state index in [1.807, 2.05) is 18.2 Å². The second-order valence-corrected chi connectivity index (χ2v) is 7.00. The third-order valence-electron chi connectivity index (χ3n) is 3.66. The molecule has 0 fully saturated rings. The summed E-state index contributed by atoms with van der Waals surface area (Å²) in [6.07, 6.45) is 10.8. The highest BCUT2D eigenvalue weighted by atomic mass is 35.5. The lowest BCUT2D eigenvalue weighted by Gasteiger charge is -2.03. The predicted octanol–water partition coefficient (Wildman–Crippen LogP) is 6.50. The van der Waals surface area contributed by atoms with Gasteiger partial charge in [0.15, 0.2) is 5.13 Å². The third kappa shape index (κ3) is 5.84. The smallest absolute Gasteiger partial charge is 0.183 e. The number of nitrogens with one attached hydrogen (secondary N) is 1. The topological polar surface area (TPSA) is 24.9 Å². The van der Waals surface area contributed by atoms with E-state index >= 15 is 0 Å². The van der Waals surface area contributed by atoms with Gasteiger partial charge in [0, 0.05) is 11.6 Å². The summed E-state index contributed by atoms with van der Waals surface area (Å²) in [6, 6.07) is 5.86. The highest BCUT2D eigenvalue weighted by Gasteiger charge is 2.03. The Morgan fingerprint density at radius 1 is 1.05 bits per heavy atom. The quantitative estimate of drug-likeness (QED) is 0.504. The number of rotatable bonds is 10. The van der Waals surface area contributed by atoms with Crippen LogP contribution in [0.1, 0.15) is 58.3 Å². The third-order valence-corrected chi connectivity index (χ3v) is 4.87. The molecule has 0 saturated carbocycles. The molecule has 1 heterocycles. The first kappa shape index (κ1) is 16.6. The Labute approximate surface area is 136 Å². The maximum Gasteiger partial charge on any atom is 0.183 e. The minimum atomic E-state index is 0.778. The molecule has 1 aromatic carbocycles. The summed E-state index contributed by atoms with van der Waals surface area (Å²) in [5, 5.41) is 5.22. The van der Waals surface area contributed by atoms with Crippen LogP contribution in [0, 0.1) is 0 Å². The van der Waals surface area contributed by atoms with Crippen LogP contribution in [0.4, 0.5) is 5.13 Å². The number of hydrogen-bond donors (Lipinski definition) is 1. The molecule has 0 radical (unpaired) electrons. The monoisotopic (exact) mass is 324 g/mol. The van der Waals surface area contributed by atoms with Crippen molar-refractivity contribution in [3.63, 3.8) is 0 Å². The van der Waals surface area contributed by atoms with Crippen molar-refractivity contribution >= 4 is 38.3 Å². The summed E-state index contributed by atoms with van der Waals surface area (Å²) < 4.78 is 1.15. The fourth-order valence-corrected chi connectivity index (χ4v) is 3.60. The van der Waals surface area contributed by atoms with Gasteiger partial charge in [0.25, 0.3) is 0 Å². The first-order chi connectivity index (χ1) is 10.3. The number of thiazole rings is 1. The van der Waals surface area contributed by atoms with Crippen molar-refractivity contribution in [3.8, 4) is 0 Å². The first-order valence-corrected chi connectivity index (χ1v) is 9.29. The fraction of sp³-hybridized carbons (Fsp3) is 0.588. The summed E-state index contributed by atoms with van der Waals surface area (Å²) in [5.41, 5.74) is 1.03. The number of fused-ring (bicyclic) bond motifs is 1. The Balaban J connectivity index is 1.59. The number of unbranched alkanes of at least 4 members (excludes halogenated alkanes) is 7. The van der Waals surface area contributed by atoms with E-state index in [1.54, 1.807) is 11.3 Å². The van der Waals surface area contributed by atoms with E-state index in [-0.39, 0.29) is 0 Å². The van der Waals surface area contributed by atoms with Crippen molar-refractivity contribution in [3.05, 3.63) is 23.2 Å². The molecule has 0 bridgehead atoms. The SMILES string of the molecule is CCCCCCCCCCNc1nc2ccc(Cl)cc2s1. The maximum absolute atomic E-state index is 5.99. The number of halogens is 1. The van der Waals surface area contributed by atoms with Gasteiger partial charge in [-0.2, -0.15) is 0 Å². The van der Waals surface area contributed by atoms with Crippen LogP contribution in [0.5, 0.6) is 0 Å². The van der Waals surface area contributed by atoms with E-state index in [1.165, 1.54) is 51.4 Å². The highest BCUT2D eigenvalue weighted by molar-refractivity contribution is 7.22. The van der Waals surface area contributed by atoms with Crippen molar-refractivity contribution in [1.29, 1.82) is 0 Å². The molecule has 0 aliphatic heterocycles. The van der Waals surface area contributed by atoms with Gasteiger partial charge in [-0.25, -0.2) is 4.98 Å². The zero-order chi connectivity index (χ0) is 14.9. The lowest BCUT2D eigenvalue weighted by molar-refractivity contribution is 0.581. The number of anilines is 1. The van der Waals surface area contributed by atoms with Crippen LogP contribution in [-0.2, 0) is 0 Å². The molecule has 0 amide bonds. The molecule has 4 heteroatoms. The molecule has 0 aliphatic carbocycles. The molecule has 2 aromatic rings. The Kier molecular flexibility index (Phi) is 7.31.